The van der Waals surface area contributed by atoms with Gasteiger partial charge in [0.1, 0.15) is 12.3 Å². The van der Waals surface area contributed by atoms with Gasteiger partial charge in [0.05, 0.1) is 17.1 Å². The molecule has 30 heavy (non-hydrogen) atoms. The zero-order valence-corrected chi connectivity index (χ0v) is 17.2. The van der Waals surface area contributed by atoms with E-state index in [1.54, 1.807) is 13.0 Å². The minimum atomic E-state index is -0.616. The van der Waals surface area contributed by atoms with Crippen LogP contribution in [0.4, 0.5) is 0 Å². The lowest BCUT2D eigenvalue weighted by atomic mass is 10.1. The number of pyridine rings is 1. The summed E-state index contributed by atoms with van der Waals surface area (Å²) >= 11 is 0. The van der Waals surface area contributed by atoms with Gasteiger partial charge in [0.2, 0.25) is 0 Å². The number of carbonyl (C=O) groups excluding carboxylic acids is 1. The molecule has 0 aliphatic heterocycles. The second-order valence-corrected chi connectivity index (χ2v) is 7.24. The zero-order valence-electron chi connectivity index (χ0n) is 17.2. The van der Waals surface area contributed by atoms with Crippen molar-refractivity contribution in [3.8, 4) is 5.69 Å². The Kier molecular flexibility index (Phi) is 4.91. The number of carbonyl (C=O) groups is 1. The van der Waals surface area contributed by atoms with Crippen LogP contribution in [-0.2, 0) is 11.3 Å². The topological polar surface area (TPSA) is 91.4 Å². The first-order valence-corrected chi connectivity index (χ1v) is 9.50. The summed E-state index contributed by atoms with van der Waals surface area (Å²) in [5.41, 5.74) is 4.96. The van der Waals surface area contributed by atoms with Gasteiger partial charge in [0, 0.05) is 11.8 Å². The van der Waals surface area contributed by atoms with Crippen molar-refractivity contribution in [2.45, 2.75) is 34.3 Å². The van der Waals surface area contributed by atoms with Crippen molar-refractivity contribution < 1.29 is 9.53 Å². The van der Waals surface area contributed by atoms with E-state index in [4.69, 9.17) is 4.74 Å². The second kappa shape index (κ2) is 7.55. The standard InChI is InChI=1S/C22H21N5O3/c1-13-8-9-18(14(2)10-13)27-24-16(4)21(25-27)22(29)30-12-17-11-20(28)26-15(3)6-5-7-19(26)23-17/h5-11H,12H2,1-4H3. The van der Waals surface area contributed by atoms with Crippen molar-refractivity contribution in [1.82, 2.24) is 24.4 Å². The summed E-state index contributed by atoms with van der Waals surface area (Å²) in [5, 5.41) is 8.65. The third kappa shape index (κ3) is 3.59. The molecule has 0 radical (unpaired) electrons. The molecule has 0 spiro atoms. The molecule has 152 valence electrons. The SMILES string of the molecule is Cc1ccc(-n2nc(C)c(C(=O)OCc3cc(=O)n4c(C)cccc4n3)n2)c(C)c1. The van der Waals surface area contributed by atoms with E-state index in [0.717, 1.165) is 22.5 Å². The Morgan fingerprint density at radius 1 is 1.03 bits per heavy atom. The Balaban J connectivity index is 1.56. The number of aromatic nitrogens is 5. The molecular weight excluding hydrogens is 382 g/mol. The molecular formula is C22H21N5O3. The molecule has 0 unspecified atom stereocenters. The number of nitrogens with zero attached hydrogens (tertiary/aromatic N) is 5. The summed E-state index contributed by atoms with van der Waals surface area (Å²) in [7, 11) is 0. The highest BCUT2D eigenvalue weighted by atomic mass is 16.5. The van der Waals surface area contributed by atoms with Gasteiger partial charge in [-0.1, -0.05) is 23.8 Å². The predicted octanol–water partition coefficient (Wildman–Crippen LogP) is 2.87. The van der Waals surface area contributed by atoms with Crippen LogP contribution in [0, 0.1) is 27.7 Å². The number of hydrogen-bond donors (Lipinski definition) is 0. The van der Waals surface area contributed by atoms with Gasteiger partial charge in [-0.25, -0.2) is 9.78 Å². The highest BCUT2D eigenvalue weighted by Crippen LogP contribution is 2.16. The van der Waals surface area contributed by atoms with E-state index in [1.165, 1.54) is 15.3 Å². The number of rotatable bonds is 4. The molecule has 0 saturated carbocycles. The van der Waals surface area contributed by atoms with Crippen LogP contribution in [0.3, 0.4) is 0 Å². The summed E-state index contributed by atoms with van der Waals surface area (Å²) < 4.78 is 6.87. The molecule has 1 aromatic carbocycles. The predicted molar refractivity (Wildman–Crippen MR) is 111 cm³/mol. The average molecular weight is 403 g/mol. The quantitative estimate of drug-likeness (QED) is 0.487. The Hall–Kier alpha value is -3.81. The lowest BCUT2D eigenvalue weighted by molar-refractivity contribution is 0.0459. The Labute approximate surface area is 172 Å². The molecule has 0 amide bonds. The van der Waals surface area contributed by atoms with Gasteiger partial charge < -0.3 is 4.74 Å². The van der Waals surface area contributed by atoms with Gasteiger partial charge in [-0.3, -0.25) is 9.20 Å². The fourth-order valence-corrected chi connectivity index (χ4v) is 3.35. The van der Waals surface area contributed by atoms with Crippen LogP contribution in [-0.4, -0.2) is 30.3 Å². The van der Waals surface area contributed by atoms with E-state index in [-0.39, 0.29) is 17.9 Å². The number of ether oxygens (including phenoxy) is 1. The molecule has 4 aromatic rings. The first-order valence-electron chi connectivity index (χ1n) is 9.50. The average Bonchev–Trinajstić information content (AvgIpc) is 3.07. The molecule has 0 bridgehead atoms. The van der Waals surface area contributed by atoms with E-state index in [0.29, 0.717) is 17.0 Å². The third-order valence-corrected chi connectivity index (χ3v) is 4.83. The Morgan fingerprint density at radius 2 is 1.83 bits per heavy atom. The highest BCUT2D eigenvalue weighted by Gasteiger charge is 2.19. The Bertz CT molecular complexity index is 1340. The van der Waals surface area contributed by atoms with Crippen LogP contribution < -0.4 is 5.56 Å². The van der Waals surface area contributed by atoms with Crippen LogP contribution in [0.15, 0.2) is 47.3 Å². The number of esters is 1. The van der Waals surface area contributed by atoms with Crippen LogP contribution in [0.5, 0.6) is 0 Å². The van der Waals surface area contributed by atoms with Crippen molar-refractivity contribution >= 4 is 11.6 Å². The number of hydrogen-bond acceptors (Lipinski definition) is 6. The summed E-state index contributed by atoms with van der Waals surface area (Å²) in [6.07, 6.45) is 0. The maximum atomic E-state index is 12.6. The minimum absolute atomic E-state index is 0.128. The van der Waals surface area contributed by atoms with E-state index in [1.807, 2.05) is 51.1 Å². The van der Waals surface area contributed by atoms with Crippen molar-refractivity contribution in [3.05, 3.63) is 86.7 Å². The molecule has 0 aliphatic carbocycles. The fourth-order valence-electron chi connectivity index (χ4n) is 3.35. The number of benzene rings is 1. The smallest absolute Gasteiger partial charge is 0.361 e. The van der Waals surface area contributed by atoms with Crippen LogP contribution in [0.1, 0.15) is 38.7 Å². The monoisotopic (exact) mass is 403 g/mol. The molecule has 0 atom stereocenters. The first kappa shape index (κ1) is 19.5. The van der Waals surface area contributed by atoms with Crippen molar-refractivity contribution in [2.75, 3.05) is 0 Å². The third-order valence-electron chi connectivity index (χ3n) is 4.83. The van der Waals surface area contributed by atoms with Gasteiger partial charge in [0.25, 0.3) is 5.56 Å². The largest absolute Gasteiger partial charge is 0.454 e. The van der Waals surface area contributed by atoms with Gasteiger partial charge in [-0.05, 0) is 51.5 Å². The minimum Gasteiger partial charge on any atom is -0.454 e. The lowest BCUT2D eigenvalue weighted by Gasteiger charge is -2.07. The highest BCUT2D eigenvalue weighted by molar-refractivity contribution is 5.88. The summed E-state index contributed by atoms with van der Waals surface area (Å²) in [6.45, 7) is 7.37. The maximum Gasteiger partial charge on any atom is 0.361 e. The number of aryl methyl sites for hydroxylation is 4. The van der Waals surface area contributed by atoms with E-state index in [2.05, 4.69) is 15.2 Å². The summed E-state index contributed by atoms with van der Waals surface area (Å²) in [4.78, 5) is 30.8. The lowest BCUT2D eigenvalue weighted by Crippen LogP contribution is -2.18. The van der Waals surface area contributed by atoms with E-state index in [9.17, 15) is 9.59 Å². The van der Waals surface area contributed by atoms with Crippen molar-refractivity contribution in [2.24, 2.45) is 0 Å². The normalized spacial score (nSPS) is 11.1. The summed E-state index contributed by atoms with van der Waals surface area (Å²) in [5.74, 6) is -0.616. The van der Waals surface area contributed by atoms with Gasteiger partial charge in [-0.15, -0.1) is 5.10 Å². The molecule has 0 N–H and O–H groups in total. The van der Waals surface area contributed by atoms with Crippen molar-refractivity contribution in [1.29, 1.82) is 0 Å². The molecule has 8 heteroatoms. The zero-order chi connectivity index (χ0) is 21.4. The molecule has 0 fully saturated rings. The molecule has 0 aliphatic rings. The van der Waals surface area contributed by atoms with E-state index >= 15 is 0 Å². The molecule has 8 nitrogen and oxygen atoms in total. The van der Waals surface area contributed by atoms with Crippen LogP contribution >= 0.6 is 0 Å². The fraction of sp³-hybridized carbons (Fsp3) is 0.227. The van der Waals surface area contributed by atoms with Gasteiger partial charge >= 0.3 is 5.97 Å². The first-order chi connectivity index (χ1) is 14.3. The maximum absolute atomic E-state index is 12.6. The van der Waals surface area contributed by atoms with Gasteiger partial charge in [0.15, 0.2) is 5.69 Å². The van der Waals surface area contributed by atoms with Crippen LogP contribution in [0.2, 0.25) is 0 Å². The Morgan fingerprint density at radius 3 is 2.60 bits per heavy atom. The summed E-state index contributed by atoms with van der Waals surface area (Å²) in [6, 6.07) is 12.7. The van der Waals surface area contributed by atoms with Gasteiger partial charge in [-0.2, -0.15) is 9.90 Å². The number of fused-ring (bicyclic) bond motifs is 1. The molecule has 3 aromatic heterocycles. The second-order valence-electron chi connectivity index (χ2n) is 7.24. The van der Waals surface area contributed by atoms with Crippen LogP contribution in [0.25, 0.3) is 11.3 Å². The van der Waals surface area contributed by atoms with Crippen molar-refractivity contribution in [3.63, 3.8) is 0 Å². The molecule has 4 rings (SSSR count). The molecule has 0 saturated heterocycles. The van der Waals surface area contributed by atoms with E-state index < -0.39 is 5.97 Å². The molecule has 3 heterocycles.